The fourth-order valence-corrected chi connectivity index (χ4v) is 8.06. The summed E-state index contributed by atoms with van der Waals surface area (Å²) in [4.78, 5) is 13.4. The van der Waals surface area contributed by atoms with Gasteiger partial charge in [0.15, 0.2) is 16.6 Å². The second kappa shape index (κ2) is 14.1. The van der Waals surface area contributed by atoms with Crippen LogP contribution >= 0.6 is 15.9 Å². The lowest BCUT2D eigenvalue weighted by molar-refractivity contribution is -0.193. The zero-order valence-electron chi connectivity index (χ0n) is 27.8. The Hall–Kier alpha value is -1.42. The summed E-state index contributed by atoms with van der Waals surface area (Å²) < 4.78 is 18.5. The zero-order chi connectivity index (χ0) is 32.0. The maximum Gasteiger partial charge on any atom is 0.365 e. The fourth-order valence-electron chi connectivity index (χ4n) is 4.59. The van der Waals surface area contributed by atoms with Gasteiger partial charge >= 0.3 is 10.5 Å². The summed E-state index contributed by atoms with van der Waals surface area (Å²) in [7, 11) is -5.31. The molecule has 1 aliphatic rings. The molecule has 0 saturated heterocycles. The van der Waals surface area contributed by atoms with Crippen molar-refractivity contribution in [2.45, 2.75) is 127 Å². The van der Waals surface area contributed by atoms with Crippen LogP contribution in [-0.2, 0) is 13.6 Å². The van der Waals surface area contributed by atoms with Crippen LogP contribution in [0.4, 0.5) is 0 Å². The molecule has 42 heavy (non-hydrogen) atoms. The number of rotatable bonds is 13. The molecular formula is C34H55BrO5Si2. The van der Waals surface area contributed by atoms with Gasteiger partial charge in [0, 0.05) is 6.08 Å². The van der Waals surface area contributed by atoms with Gasteiger partial charge < -0.3 is 18.7 Å². The highest BCUT2D eigenvalue weighted by atomic mass is 79.9. The molecule has 0 aliphatic heterocycles. The van der Waals surface area contributed by atoms with Gasteiger partial charge in [0.1, 0.15) is 5.75 Å². The number of carbonyl (C=O) groups is 1. The SMILES string of the molecule is CC/C=C/[C@H]1CCC[C@@H]1CC=C=CC([16O][Si](C)(C)C(C)(C)C)([16O][Si](C)(C)C(C)(C)C)C(Br)(Oc1ccccc1)C(=O)O. The summed E-state index contributed by atoms with van der Waals surface area (Å²) >= 11 is 3.58. The van der Waals surface area contributed by atoms with Gasteiger partial charge in [-0.2, -0.15) is 0 Å². The van der Waals surface area contributed by atoms with E-state index in [1.54, 1.807) is 18.2 Å². The molecule has 0 spiro atoms. The third kappa shape index (κ3) is 8.83. The van der Waals surface area contributed by atoms with Crippen molar-refractivity contribution in [1.29, 1.82) is 0 Å². The van der Waals surface area contributed by atoms with Crippen LogP contribution in [0, 0.1) is 11.8 Å². The number of hydrogen-bond donors (Lipinski definition) is 1. The summed E-state index contributed by atoms with van der Waals surface area (Å²) in [6, 6.07) is 8.98. The number of aliphatic carboxylic acids is 1. The highest BCUT2D eigenvalue weighted by molar-refractivity contribution is 9.10. The van der Waals surface area contributed by atoms with Gasteiger partial charge in [-0.05, 0) is 108 Å². The van der Waals surface area contributed by atoms with Crippen LogP contribution in [0.25, 0.3) is 0 Å². The Morgan fingerprint density at radius 3 is 2.02 bits per heavy atom. The summed E-state index contributed by atoms with van der Waals surface area (Å²) in [5.74, 6) is -1.54. The first kappa shape index (κ1) is 36.8. The third-order valence-electron chi connectivity index (χ3n) is 9.30. The molecule has 1 saturated carbocycles. The topological polar surface area (TPSA) is 65.0 Å². The Bertz CT molecular complexity index is 1100. The van der Waals surface area contributed by atoms with E-state index >= 15 is 0 Å². The van der Waals surface area contributed by atoms with E-state index in [-0.39, 0.29) is 10.1 Å². The van der Waals surface area contributed by atoms with E-state index in [1.165, 1.54) is 19.3 Å². The van der Waals surface area contributed by atoms with Crippen LogP contribution in [0.2, 0.25) is 36.3 Å². The number of halogens is 1. The van der Waals surface area contributed by atoms with Crippen LogP contribution < -0.4 is 4.74 Å². The van der Waals surface area contributed by atoms with Gasteiger partial charge in [0.05, 0.1) is 0 Å². The molecule has 0 bridgehead atoms. The van der Waals surface area contributed by atoms with Gasteiger partial charge in [0.2, 0.25) is 5.79 Å². The highest BCUT2D eigenvalue weighted by Crippen LogP contribution is 2.50. The van der Waals surface area contributed by atoms with Crippen molar-refractivity contribution in [1.82, 2.24) is 0 Å². The Morgan fingerprint density at radius 1 is 1.00 bits per heavy atom. The summed E-state index contributed by atoms with van der Waals surface area (Å²) in [5.41, 5.74) is 3.37. The monoisotopic (exact) mass is 678 g/mol. The van der Waals surface area contributed by atoms with Crippen LogP contribution in [0.15, 0.2) is 60.4 Å². The Balaban J connectivity index is 2.79. The minimum Gasteiger partial charge on any atom is -0.477 e. The lowest BCUT2D eigenvalue weighted by Gasteiger charge is -2.52. The fraction of sp³-hybridized carbons (Fsp3) is 0.647. The number of carboxylic acid groups (broad SMARTS) is 1. The quantitative estimate of drug-likeness (QED) is 0.0739. The van der Waals surface area contributed by atoms with E-state index in [1.807, 2.05) is 24.3 Å². The summed E-state index contributed by atoms with van der Waals surface area (Å²) in [5, 5.41) is 10.5. The van der Waals surface area contributed by atoms with Crippen LogP contribution in [-0.4, -0.2) is 38.0 Å². The number of benzene rings is 1. The first-order valence-corrected chi connectivity index (χ1v) is 22.0. The second-order valence-electron chi connectivity index (χ2n) is 14.6. The highest BCUT2D eigenvalue weighted by Gasteiger charge is 2.65. The van der Waals surface area contributed by atoms with Gasteiger partial charge in [-0.3, -0.25) is 0 Å². The Labute approximate surface area is 266 Å². The normalized spacial score (nSPS) is 20.2. The molecule has 0 radical (unpaired) electrons. The van der Waals surface area contributed by atoms with E-state index in [0.29, 0.717) is 17.6 Å². The predicted molar refractivity (Wildman–Crippen MR) is 183 cm³/mol. The van der Waals surface area contributed by atoms with Gasteiger partial charge in [-0.25, -0.2) is 4.79 Å². The van der Waals surface area contributed by atoms with Crippen molar-refractivity contribution >= 4 is 38.5 Å². The number of hydrogen-bond acceptors (Lipinski definition) is 4. The summed E-state index contributed by atoms with van der Waals surface area (Å²) in [6.07, 6.45) is 13.8. The molecule has 1 aliphatic carbocycles. The van der Waals surface area contributed by atoms with Crippen molar-refractivity contribution in [2.24, 2.45) is 11.8 Å². The van der Waals surface area contributed by atoms with Gasteiger partial charge in [-0.1, -0.05) is 85.2 Å². The van der Waals surface area contributed by atoms with E-state index in [2.05, 4.69) is 108 Å². The molecule has 1 unspecified atom stereocenters. The molecule has 5 nitrogen and oxygen atoms in total. The number of allylic oxidation sites excluding steroid dienone is 2. The number of para-hydroxylation sites is 1. The first-order valence-electron chi connectivity index (χ1n) is 15.4. The van der Waals surface area contributed by atoms with Crippen molar-refractivity contribution in [3.63, 3.8) is 0 Å². The summed E-state index contributed by atoms with van der Waals surface area (Å²) in [6.45, 7) is 23.4. The average Bonchev–Trinajstić information content (AvgIpc) is 3.31. The van der Waals surface area contributed by atoms with E-state index in [0.717, 1.165) is 12.8 Å². The Morgan fingerprint density at radius 2 is 1.55 bits per heavy atom. The molecule has 1 fully saturated rings. The molecule has 1 N–H and O–H groups in total. The van der Waals surface area contributed by atoms with E-state index in [4.69, 9.17) is 13.6 Å². The van der Waals surface area contributed by atoms with Crippen molar-refractivity contribution in [2.75, 3.05) is 0 Å². The van der Waals surface area contributed by atoms with E-state index in [9.17, 15) is 9.90 Å². The van der Waals surface area contributed by atoms with Crippen LogP contribution in [0.5, 0.6) is 5.75 Å². The molecule has 0 aromatic heterocycles. The first-order chi connectivity index (χ1) is 19.2. The largest absolute Gasteiger partial charge is 0.477 e. The lowest BCUT2D eigenvalue weighted by Crippen LogP contribution is -2.68. The zero-order valence-corrected chi connectivity index (χ0v) is 31.4. The number of alkyl halides is 1. The van der Waals surface area contributed by atoms with E-state index < -0.39 is 32.9 Å². The lowest BCUT2D eigenvalue weighted by atomic mass is 9.92. The maximum atomic E-state index is 13.4. The van der Waals surface area contributed by atoms with Crippen molar-refractivity contribution in [3.05, 3.63) is 60.4 Å². The number of ether oxygens (including phenoxy) is 1. The average molecular weight is 680 g/mol. The molecular weight excluding hydrogens is 624 g/mol. The van der Waals surface area contributed by atoms with Crippen molar-refractivity contribution in [3.8, 4) is 5.75 Å². The minimum absolute atomic E-state index is 0.228. The number of carboxylic acids is 1. The van der Waals surface area contributed by atoms with Gasteiger partial charge in [-0.15, -0.1) is 5.73 Å². The molecule has 3 atom stereocenters. The molecule has 1 aromatic rings. The van der Waals surface area contributed by atoms with Gasteiger partial charge in [0.25, 0.3) is 0 Å². The smallest absolute Gasteiger partial charge is 0.365 e. The Kier molecular flexibility index (Phi) is 12.4. The standard InChI is InChI=1S/C34H55BrO5Si2/c1-12-13-20-27-22-19-23-28(27)21-17-18-26-33(39-41(8,9)31(2,3)4,40-42(10,11)32(5,6)7)34(35,30(36)37)38-29-24-15-14-16-25-29/h13-17,20,24-28H,12,19,21-23H2,1-11H3,(H,36,37)/b20-13+/t18?,27-,28-,34?/m0/s1/i39+0,40+0. The third-order valence-corrected chi connectivity index (χ3v) is 19.2. The predicted octanol–water partition coefficient (Wildman–Crippen LogP) is 10.5. The van der Waals surface area contributed by atoms with Crippen molar-refractivity contribution < 1.29 is 23.5 Å². The maximum absolute atomic E-state index is 13.4. The second-order valence-corrected chi connectivity index (χ2v) is 25.2. The van der Waals surface area contributed by atoms with Crippen LogP contribution in [0.3, 0.4) is 0 Å². The molecule has 8 heteroatoms. The molecule has 1 aromatic carbocycles. The molecule has 0 amide bonds. The van der Waals surface area contributed by atoms with Crippen LogP contribution in [0.1, 0.15) is 80.6 Å². The molecule has 0 heterocycles. The minimum atomic E-state index is -2.65. The molecule has 236 valence electrons. The molecule has 2 rings (SSSR count).